The average Bonchev–Trinajstić information content (AvgIpc) is 2.55. The van der Waals surface area contributed by atoms with Gasteiger partial charge < -0.3 is 10.2 Å². The summed E-state index contributed by atoms with van der Waals surface area (Å²) in [4.78, 5) is 25.6. The van der Waals surface area contributed by atoms with Crippen molar-refractivity contribution in [2.45, 2.75) is 13.0 Å². The smallest absolute Gasteiger partial charge is 0.244 e. The van der Waals surface area contributed by atoms with E-state index in [1.807, 2.05) is 0 Å². The van der Waals surface area contributed by atoms with E-state index in [9.17, 15) is 22.4 Å². The molecule has 2 rings (SSSR count). The Morgan fingerprint density at radius 1 is 1.32 bits per heavy atom. The zero-order valence-electron chi connectivity index (χ0n) is 13.5. The SMILES string of the molecule is CC(NC(=O)C=Cc1cc(Br)ccc1F)C(=O)N1CCS(=O)(=O)CC1. The molecule has 0 saturated carbocycles. The maximum Gasteiger partial charge on any atom is 0.244 e. The van der Waals surface area contributed by atoms with Gasteiger partial charge in [0.2, 0.25) is 11.8 Å². The predicted molar refractivity (Wildman–Crippen MR) is 96.0 cm³/mol. The van der Waals surface area contributed by atoms with Crippen LogP contribution in [0.2, 0.25) is 0 Å². The Bertz CT molecular complexity index is 796. The molecule has 1 saturated heterocycles. The van der Waals surface area contributed by atoms with E-state index in [0.717, 1.165) is 6.08 Å². The van der Waals surface area contributed by atoms with E-state index in [-0.39, 0.29) is 36.1 Å². The number of hydrogen-bond donors (Lipinski definition) is 1. The predicted octanol–water partition coefficient (Wildman–Crippen LogP) is 1.36. The molecule has 6 nitrogen and oxygen atoms in total. The van der Waals surface area contributed by atoms with Gasteiger partial charge >= 0.3 is 0 Å². The first-order valence-corrected chi connectivity index (χ1v) is 10.2. The van der Waals surface area contributed by atoms with E-state index >= 15 is 0 Å². The summed E-state index contributed by atoms with van der Waals surface area (Å²) in [6, 6.07) is 3.55. The summed E-state index contributed by atoms with van der Waals surface area (Å²) in [5, 5.41) is 2.50. The summed E-state index contributed by atoms with van der Waals surface area (Å²) >= 11 is 3.22. The van der Waals surface area contributed by atoms with Crippen LogP contribution in [0, 0.1) is 5.82 Å². The molecule has 1 aliphatic rings. The monoisotopic (exact) mass is 432 g/mol. The molecule has 1 aromatic rings. The molecule has 1 fully saturated rings. The zero-order chi connectivity index (χ0) is 18.6. The van der Waals surface area contributed by atoms with Gasteiger partial charge in [0, 0.05) is 29.2 Å². The summed E-state index contributed by atoms with van der Waals surface area (Å²) in [5.41, 5.74) is 0.241. The molecule has 1 aromatic carbocycles. The first kappa shape index (κ1) is 19.6. The molecule has 1 heterocycles. The zero-order valence-corrected chi connectivity index (χ0v) is 15.9. The quantitative estimate of drug-likeness (QED) is 0.728. The second-order valence-corrected chi connectivity index (χ2v) is 8.93. The van der Waals surface area contributed by atoms with Crippen LogP contribution in [0.5, 0.6) is 0 Å². The summed E-state index contributed by atoms with van der Waals surface area (Å²) in [6.45, 7) is 1.78. The molecule has 9 heteroatoms. The van der Waals surface area contributed by atoms with E-state index in [1.54, 1.807) is 6.07 Å². The van der Waals surface area contributed by atoms with Gasteiger partial charge in [-0.2, -0.15) is 0 Å². The number of rotatable bonds is 4. The highest BCUT2D eigenvalue weighted by atomic mass is 79.9. The van der Waals surface area contributed by atoms with E-state index in [4.69, 9.17) is 0 Å². The lowest BCUT2D eigenvalue weighted by atomic mass is 10.2. The van der Waals surface area contributed by atoms with Crippen molar-refractivity contribution in [2.75, 3.05) is 24.6 Å². The third-order valence-electron chi connectivity index (χ3n) is 3.76. The lowest BCUT2D eigenvalue weighted by Crippen LogP contribution is -2.51. The van der Waals surface area contributed by atoms with Crippen LogP contribution in [0.1, 0.15) is 12.5 Å². The van der Waals surface area contributed by atoms with Crippen molar-refractivity contribution in [3.05, 3.63) is 40.1 Å². The number of halogens is 2. The molecule has 0 radical (unpaired) electrons. The highest BCUT2D eigenvalue weighted by Crippen LogP contribution is 2.16. The standard InChI is InChI=1S/C16H18BrFN2O4S/c1-11(16(22)20-6-8-25(23,24)9-7-20)19-15(21)5-2-12-10-13(17)3-4-14(12)18/h2-5,10-11H,6-9H2,1H3,(H,19,21). The molecule has 136 valence electrons. The van der Waals surface area contributed by atoms with Crippen LogP contribution in [0.25, 0.3) is 6.08 Å². The summed E-state index contributed by atoms with van der Waals surface area (Å²) in [6.07, 6.45) is 2.47. The van der Waals surface area contributed by atoms with Crippen LogP contribution in [-0.2, 0) is 19.4 Å². The van der Waals surface area contributed by atoms with Crippen LogP contribution in [-0.4, -0.2) is 55.8 Å². The van der Waals surface area contributed by atoms with Crippen LogP contribution in [0.15, 0.2) is 28.7 Å². The fourth-order valence-corrected chi connectivity index (χ4v) is 3.92. The normalized spacial score (nSPS) is 18.1. The number of hydrogen-bond acceptors (Lipinski definition) is 4. The van der Waals surface area contributed by atoms with Crippen molar-refractivity contribution in [1.82, 2.24) is 10.2 Å². The molecule has 1 aliphatic heterocycles. The molecular formula is C16H18BrFN2O4S. The van der Waals surface area contributed by atoms with Gasteiger partial charge in [-0.25, -0.2) is 12.8 Å². The Kier molecular flexibility index (Phi) is 6.34. The van der Waals surface area contributed by atoms with E-state index < -0.39 is 27.6 Å². The van der Waals surface area contributed by atoms with Crippen molar-refractivity contribution in [3.8, 4) is 0 Å². The van der Waals surface area contributed by atoms with Gasteiger partial charge in [-0.05, 0) is 31.2 Å². The largest absolute Gasteiger partial charge is 0.341 e. The highest BCUT2D eigenvalue weighted by molar-refractivity contribution is 9.10. The summed E-state index contributed by atoms with van der Waals surface area (Å²) in [7, 11) is -3.08. The molecular weight excluding hydrogens is 415 g/mol. The number of benzene rings is 1. The Morgan fingerprint density at radius 2 is 1.96 bits per heavy atom. The van der Waals surface area contributed by atoms with E-state index in [1.165, 1.54) is 30.0 Å². The van der Waals surface area contributed by atoms with Crippen LogP contribution in [0.3, 0.4) is 0 Å². The fraction of sp³-hybridized carbons (Fsp3) is 0.375. The first-order chi connectivity index (χ1) is 11.7. The summed E-state index contributed by atoms with van der Waals surface area (Å²) in [5.74, 6) is -1.48. The summed E-state index contributed by atoms with van der Waals surface area (Å²) < 4.78 is 37.1. The number of carbonyl (C=O) groups is 2. The molecule has 2 amide bonds. The maximum absolute atomic E-state index is 13.6. The third-order valence-corrected chi connectivity index (χ3v) is 5.86. The minimum atomic E-state index is -3.08. The Hall–Kier alpha value is -1.74. The van der Waals surface area contributed by atoms with Crippen LogP contribution in [0.4, 0.5) is 4.39 Å². The van der Waals surface area contributed by atoms with Gasteiger partial charge in [0.15, 0.2) is 9.84 Å². The lowest BCUT2D eigenvalue weighted by molar-refractivity contribution is -0.134. The Balaban J connectivity index is 1.92. The van der Waals surface area contributed by atoms with Crippen molar-refractivity contribution < 1.29 is 22.4 Å². The van der Waals surface area contributed by atoms with Gasteiger partial charge in [-0.1, -0.05) is 15.9 Å². The molecule has 1 unspecified atom stereocenters. The second kappa shape index (κ2) is 8.09. The maximum atomic E-state index is 13.6. The lowest BCUT2D eigenvalue weighted by Gasteiger charge is -2.29. The van der Waals surface area contributed by atoms with Gasteiger partial charge in [0.25, 0.3) is 0 Å². The van der Waals surface area contributed by atoms with E-state index in [0.29, 0.717) is 4.47 Å². The Morgan fingerprint density at radius 3 is 2.60 bits per heavy atom. The van der Waals surface area contributed by atoms with Gasteiger partial charge in [0.1, 0.15) is 11.9 Å². The number of amides is 2. The number of carbonyl (C=O) groups excluding carboxylic acids is 2. The third kappa shape index (κ3) is 5.64. The second-order valence-electron chi connectivity index (χ2n) is 5.71. The van der Waals surface area contributed by atoms with Gasteiger partial charge in [-0.15, -0.1) is 0 Å². The van der Waals surface area contributed by atoms with Crippen molar-refractivity contribution in [1.29, 1.82) is 0 Å². The molecule has 0 aliphatic carbocycles. The molecule has 0 aromatic heterocycles. The number of nitrogens with one attached hydrogen (secondary N) is 1. The molecule has 0 spiro atoms. The average molecular weight is 433 g/mol. The minimum absolute atomic E-state index is 0.0680. The molecule has 0 bridgehead atoms. The molecule has 25 heavy (non-hydrogen) atoms. The highest BCUT2D eigenvalue weighted by Gasteiger charge is 2.28. The van der Waals surface area contributed by atoms with Crippen molar-refractivity contribution in [3.63, 3.8) is 0 Å². The molecule has 1 atom stereocenters. The molecule has 1 N–H and O–H groups in total. The van der Waals surface area contributed by atoms with Gasteiger partial charge in [0.05, 0.1) is 11.5 Å². The van der Waals surface area contributed by atoms with Crippen LogP contribution < -0.4 is 5.32 Å². The first-order valence-electron chi connectivity index (χ1n) is 7.61. The fourth-order valence-electron chi connectivity index (χ4n) is 2.34. The number of nitrogens with zero attached hydrogens (tertiary/aromatic N) is 1. The van der Waals surface area contributed by atoms with Crippen LogP contribution >= 0.6 is 15.9 Å². The van der Waals surface area contributed by atoms with Crippen molar-refractivity contribution in [2.24, 2.45) is 0 Å². The van der Waals surface area contributed by atoms with Crippen molar-refractivity contribution >= 4 is 43.7 Å². The van der Waals surface area contributed by atoms with E-state index in [2.05, 4.69) is 21.2 Å². The minimum Gasteiger partial charge on any atom is -0.341 e. The Labute approximate surface area is 154 Å². The topological polar surface area (TPSA) is 83.6 Å². The number of sulfone groups is 1. The van der Waals surface area contributed by atoms with Gasteiger partial charge in [-0.3, -0.25) is 9.59 Å².